The van der Waals surface area contributed by atoms with Gasteiger partial charge in [-0.1, -0.05) is 13.8 Å². The van der Waals surface area contributed by atoms with Crippen LogP contribution in [0.15, 0.2) is 6.33 Å². The van der Waals surface area contributed by atoms with E-state index >= 15 is 0 Å². The predicted molar refractivity (Wildman–Crippen MR) is 70.3 cm³/mol. The highest BCUT2D eigenvalue weighted by molar-refractivity contribution is 5.63. The summed E-state index contributed by atoms with van der Waals surface area (Å²) in [5.41, 5.74) is 2.46. The number of ether oxygens (including phenoxy) is 1. The number of nitrogens with zero attached hydrogens (tertiary/aromatic N) is 2. The molecule has 0 saturated carbocycles. The Labute approximate surface area is 107 Å². The lowest BCUT2D eigenvalue weighted by Gasteiger charge is -2.23. The normalized spacial score (nSPS) is 12.3. The second-order valence-corrected chi connectivity index (χ2v) is 4.26. The molecule has 1 aromatic rings. The fourth-order valence-corrected chi connectivity index (χ4v) is 1.66. The van der Waals surface area contributed by atoms with E-state index < -0.39 is 0 Å². The standard InChI is InChI=1S/C11H21N5O2/c1-7(2)8(4-5-17)15-10-9(18-3)11(16-12)14-6-13-10/h6-8,17H,4-5,12H2,1-3H3,(H2,13,14,15,16). The maximum atomic E-state index is 9.05. The number of rotatable bonds is 7. The molecule has 7 nitrogen and oxygen atoms in total. The summed E-state index contributed by atoms with van der Waals surface area (Å²) in [6.45, 7) is 4.26. The molecule has 0 aromatic carbocycles. The van der Waals surface area contributed by atoms with E-state index in [1.807, 2.05) is 0 Å². The third kappa shape index (κ3) is 3.44. The molecule has 0 amide bonds. The number of anilines is 2. The van der Waals surface area contributed by atoms with Gasteiger partial charge in [0.15, 0.2) is 11.6 Å². The van der Waals surface area contributed by atoms with Gasteiger partial charge < -0.3 is 20.6 Å². The maximum Gasteiger partial charge on any atom is 0.205 e. The zero-order valence-corrected chi connectivity index (χ0v) is 11.0. The Morgan fingerprint density at radius 1 is 1.39 bits per heavy atom. The Morgan fingerprint density at radius 2 is 2.06 bits per heavy atom. The number of nitrogens with one attached hydrogen (secondary N) is 2. The smallest absolute Gasteiger partial charge is 0.205 e. The van der Waals surface area contributed by atoms with Crippen molar-refractivity contribution in [3.05, 3.63) is 6.33 Å². The maximum absolute atomic E-state index is 9.05. The molecule has 0 fully saturated rings. The largest absolute Gasteiger partial charge is 0.490 e. The van der Waals surface area contributed by atoms with Crippen LogP contribution < -0.4 is 21.3 Å². The number of nitrogens with two attached hydrogens (primary N) is 1. The first-order valence-electron chi connectivity index (χ1n) is 5.87. The van der Waals surface area contributed by atoms with Gasteiger partial charge >= 0.3 is 0 Å². The zero-order valence-electron chi connectivity index (χ0n) is 11.0. The van der Waals surface area contributed by atoms with Crippen LogP contribution in [0.25, 0.3) is 0 Å². The molecule has 1 heterocycles. The van der Waals surface area contributed by atoms with Gasteiger partial charge in [0.05, 0.1) is 7.11 Å². The molecule has 1 atom stereocenters. The van der Waals surface area contributed by atoms with Crippen LogP contribution in [0.4, 0.5) is 11.6 Å². The Morgan fingerprint density at radius 3 is 2.56 bits per heavy atom. The number of aromatic nitrogens is 2. The molecule has 18 heavy (non-hydrogen) atoms. The van der Waals surface area contributed by atoms with E-state index in [0.29, 0.717) is 29.7 Å². The number of hydrogen-bond donors (Lipinski definition) is 4. The minimum atomic E-state index is 0.101. The molecule has 1 unspecified atom stereocenters. The molecular formula is C11H21N5O2. The van der Waals surface area contributed by atoms with E-state index in [-0.39, 0.29) is 12.6 Å². The molecule has 0 saturated heterocycles. The molecule has 0 spiro atoms. The summed E-state index contributed by atoms with van der Waals surface area (Å²) in [5, 5.41) is 12.3. The van der Waals surface area contributed by atoms with E-state index in [0.717, 1.165) is 0 Å². The van der Waals surface area contributed by atoms with Gasteiger partial charge in [0, 0.05) is 12.6 Å². The average Bonchev–Trinajstić information content (AvgIpc) is 2.37. The zero-order chi connectivity index (χ0) is 13.5. The van der Waals surface area contributed by atoms with Crippen molar-refractivity contribution >= 4 is 11.6 Å². The van der Waals surface area contributed by atoms with E-state index in [1.165, 1.54) is 13.4 Å². The van der Waals surface area contributed by atoms with Crippen LogP contribution in [-0.2, 0) is 0 Å². The summed E-state index contributed by atoms with van der Waals surface area (Å²) in [6.07, 6.45) is 2.03. The Kier molecular flexibility index (Phi) is 5.60. The number of aliphatic hydroxyl groups is 1. The Bertz CT molecular complexity index is 372. The van der Waals surface area contributed by atoms with Crippen LogP contribution in [0.1, 0.15) is 20.3 Å². The van der Waals surface area contributed by atoms with Gasteiger partial charge in [0.25, 0.3) is 0 Å². The van der Waals surface area contributed by atoms with Gasteiger partial charge in [-0.15, -0.1) is 0 Å². The van der Waals surface area contributed by atoms with E-state index in [1.54, 1.807) is 0 Å². The van der Waals surface area contributed by atoms with Crippen LogP contribution in [0, 0.1) is 5.92 Å². The highest BCUT2D eigenvalue weighted by Gasteiger charge is 2.17. The van der Waals surface area contributed by atoms with Gasteiger partial charge in [-0.2, -0.15) is 0 Å². The molecule has 5 N–H and O–H groups in total. The summed E-state index contributed by atoms with van der Waals surface area (Å²) in [5.74, 6) is 7.15. The van der Waals surface area contributed by atoms with Crippen LogP contribution in [0.3, 0.4) is 0 Å². The fourth-order valence-electron chi connectivity index (χ4n) is 1.66. The van der Waals surface area contributed by atoms with Crippen molar-refractivity contribution in [1.82, 2.24) is 9.97 Å². The van der Waals surface area contributed by atoms with Crippen molar-refractivity contribution in [1.29, 1.82) is 0 Å². The van der Waals surface area contributed by atoms with E-state index in [4.69, 9.17) is 15.7 Å². The first-order valence-corrected chi connectivity index (χ1v) is 5.87. The third-order valence-corrected chi connectivity index (χ3v) is 2.71. The van der Waals surface area contributed by atoms with Crippen molar-refractivity contribution in [3.8, 4) is 5.75 Å². The SMILES string of the molecule is COc1c(NN)ncnc1NC(CCO)C(C)C. The molecule has 0 aliphatic rings. The Hall–Kier alpha value is -1.60. The van der Waals surface area contributed by atoms with Crippen molar-refractivity contribution in [2.24, 2.45) is 11.8 Å². The third-order valence-electron chi connectivity index (χ3n) is 2.71. The van der Waals surface area contributed by atoms with Crippen molar-refractivity contribution in [2.45, 2.75) is 26.3 Å². The molecule has 0 aliphatic heterocycles. The second-order valence-electron chi connectivity index (χ2n) is 4.26. The van der Waals surface area contributed by atoms with Gasteiger partial charge in [0.2, 0.25) is 5.75 Å². The van der Waals surface area contributed by atoms with Gasteiger partial charge in [-0.25, -0.2) is 15.8 Å². The van der Waals surface area contributed by atoms with Gasteiger partial charge in [-0.05, 0) is 12.3 Å². The first-order chi connectivity index (χ1) is 8.63. The second kappa shape index (κ2) is 6.97. The molecule has 0 radical (unpaired) electrons. The fraction of sp³-hybridized carbons (Fsp3) is 0.636. The topological polar surface area (TPSA) is 105 Å². The quantitative estimate of drug-likeness (QED) is 0.417. The number of hydrazine groups is 1. The van der Waals surface area contributed by atoms with E-state index in [9.17, 15) is 0 Å². The highest BCUT2D eigenvalue weighted by atomic mass is 16.5. The number of hydrogen-bond acceptors (Lipinski definition) is 7. The average molecular weight is 255 g/mol. The lowest BCUT2D eigenvalue weighted by Crippen LogP contribution is -2.27. The lowest BCUT2D eigenvalue weighted by molar-refractivity contribution is 0.267. The minimum Gasteiger partial charge on any atom is -0.490 e. The molecule has 7 heteroatoms. The van der Waals surface area contributed by atoms with Crippen LogP contribution in [-0.4, -0.2) is 34.8 Å². The summed E-state index contributed by atoms with van der Waals surface area (Å²) >= 11 is 0. The van der Waals surface area contributed by atoms with Crippen molar-refractivity contribution in [3.63, 3.8) is 0 Å². The first kappa shape index (κ1) is 14.5. The summed E-state index contributed by atoms with van der Waals surface area (Å²) in [6, 6.07) is 0.101. The molecule has 0 aliphatic carbocycles. The molecular weight excluding hydrogens is 234 g/mol. The minimum absolute atomic E-state index is 0.101. The van der Waals surface area contributed by atoms with Crippen molar-refractivity contribution in [2.75, 3.05) is 24.5 Å². The van der Waals surface area contributed by atoms with Gasteiger partial charge in [0.1, 0.15) is 6.33 Å². The highest BCUT2D eigenvalue weighted by Crippen LogP contribution is 2.29. The lowest BCUT2D eigenvalue weighted by atomic mass is 10.0. The Balaban J connectivity index is 2.94. The molecule has 1 rings (SSSR count). The number of nitrogen functional groups attached to an aromatic ring is 1. The van der Waals surface area contributed by atoms with Crippen LogP contribution in [0.5, 0.6) is 5.75 Å². The van der Waals surface area contributed by atoms with Gasteiger partial charge in [-0.3, -0.25) is 0 Å². The number of methoxy groups -OCH3 is 1. The summed E-state index contributed by atoms with van der Waals surface area (Å²) in [4.78, 5) is 8.10. The number of aliphatic hydroxyl groups excluding tert-OH is 1. The van der Waals surface area contributed by atoms with E-state index in [2.05, 4.69) is 34.6 Å². The monoisotopic (exact) mass is 255 g/mol. The van der Waals surface area contributed by atoms with Crippen LogP contribution in [0.2, 0.25) is 0 Å². The predicted octanol–water partition coefficient (Wildman–Crippen LogP) is 0.590. The molecule has 102 valence electrons. The summed E-state index contributed by atoms with van der Waals surface area (Å²) in [7, 11) is 1.53. The van der Waals surface area contributed by atoms with Crippen molar-refractivity contribution < 1.29 is 9.84 Å². The molecule has 0 bridgehead atoms. The van der Waals surface area contributed by atoms with Crippen LogP contribution >= 0.6 is 0 Å². The summed E-state index contributed by atoms with van der Waals surface area (Å²) < 4.78 is 5.23. The molecule has 1 aromatic heterocycles.